The van der Waals surface area contributed by atoms with E-state index < -0.39 is 0 Å². The first kappa shape index (κ1) is 10.4. The third-order valence-corrected chi connectivity index (χ3v) is 4.08. The van der Waals surface area contributed by atoms with Gasteiger partial charge >= 0.3 is 6.01 Å². The van der Waals surface area contributed by atoms with Gasteiger partial charge in [0.05, 0.1) is 0 Å². The van der Waals surface area contributed by atoms with Crippen molar-refractivity contribution in [3.63, 3.8) is 0 Å². The predicted molar refractivity (Wildman–Crippen MR) is 69.0 cm³/mol. The van der Waals surface area contributed by atoms with Crippen LogP contribution >= 0.6 is 41.9 Å². The second-order valence-corrected chi connectivity index (χ2v) is 4.98. The van der Waals surface area contributed by atoms with Gasteiger partial charge < -0.3 is 4.42 Å². The van der Waals surface area contributed by atoms with Crippen LogP contribution in [0.2, 0.25) is 5.02 Å². The van der Waals surface area contributed by atoms with Gasteiger partial charge in [-0.1, -0.05) is 11.6 Å². The third kappa shape index (κ3) is 1.94. The molecule has 0 saturated carbocycles. The van der Waals surface area contributed by atoms with E-state index in [0.717, 1.165) is 5.52 Å². The van der Waals surface area contributed by atoms with Gasteiger partial charge in [-0.3, -0.25) is 4.31 Å². The van der Waals surface area contributed by atoms with Crippen LogP contribution in [0.4, 0.5) is 6.01 Å². The minimum Gasteiger partial charge on any atom is -0.423 e. The maximum atomic E-state index is 5.83. The number of halogens is 2. The van der Waals surface area contributed by atoms with Crippen LogP contribution in [-0.2, 0) is 0 Å². The highest BCUT2D eigenvalue weighted by molar-refractivity contribution is 14.2. The van der Waals surface area contributed by atoms with Crippen molar-refractivity contribution in [2.75, 3.05) is 11.4 Å². The van der Waals surface area contributed by atoms with Crippen LogP contribution in [0.1, 0.15) is 0 Å². The summed E-state index contributed by atoms with van der Waals surface area (Å²) in [6.07, 6.45) is 0. The summed E-state index contributed by atoms with van der Waals surface area (Å²) in [6, 6.07) is 5.99. The number of hydrogen-bond donors (Lipinski definition) is 0. The van der Waals surface area contributed by atoms with Crippen molar-refractivity contribution in [2.45, 2.75) is 0 Å². The van der Waals surface area contributed by atoms with Gasteiger partial charge in [0.1, 0.15) is 5.52 Å². The van der Waals surface area contributed by atoms with E-state index in [1.54, 1.807) is 12.1 Å². The van der Waals surface area contributed by atoms with Crippen LogP contribution < -0.4 is 4.31 Å². The molecule has 74 valence electrons. The number of oxazole rings is 1. The van der Waals surface area contributed by atoms with Crippen molar-refractivity contribution in [3.8, 4) is 0 Å². The summed E-state index contributed by atoms with van der Waals surface area (Å²) in [5.41, 5.74) is 1.53. The Kier molecular flexibility index (Phi) is 3.08. The smallest absolute Gasteiger partial charge is 0.309 e. The molecule has 0 aliphatic heterocycles. The molecule has 0 atom stereocenters. The van der Waals surface area contributed by atoms with E-state index in [1.807, 2.05) is 17.4 Å². The van der Waals surface area contributed by atoms with Gasteiger partial charge in [0.15, 0.2) is 5.58 Å². The summed E-state index contributed by atoms with van der Waals surface area (Å²) in [7, 11) is 3.40. The van der Waals surface area contributed by atoms with Gasteiger partial charge in [0.25, 0.3) is 0 Å². The number of benzene rings is 1. The lowest BCUT2D eigenvalue weighted by molar-refractivity contribution is 0.611. The molecule has 0 saturated heterocycles. The van der Waals surface area contributed by atoms with E-state index in [2.05, 4.69) is 26.2 Å². The molecule has 1 aromatic heterocycles. The van der Waals surface area contributed by atoms with Gasteiger partial charge in [-0.05, 0) is 12.1 Å². The van der Waals surface area contributed by atoms with Gasteiger partial charge in [0, 0.05) is 48.5 Å². The Balaban J connectivity index is 2.51. The van der Waals surface area contributed by atoms with Gasteiger partial charge in [-0.25, -0.2) is 0 Å². The molecule has 0 amide bonds. The average molecular weight is 341 g/mol. The van der Waals surface area contributed by atoms with Crippen LogP contribution in [0, 0.1) is 0 Å². The van der Waals surface area contributed by atoms with Crippen molar-refractivity contribution in [3.05, 3.63) is 23.2 Å². The zero-order chi connectivity index (χ0) is 10.1. The molecular weight excluding hydrogens is 335 g/mol. The van der Waals surface area contributed by atoms with Crippen LogP contribution in [0.5, 0.6) is 0 Å². The number of hydrogen-bond acceptors (Lipinski definition) is 4. The summed E-state index contributed by atoms with van der Waals surface area (Å²) in [4.78, 5) is 4.30. The molecule has 0 spiro atoms. The lowest BCUT2D eigenvalue weighted by Crippen LogP contribution is -2.02. The Hall–Kier alpha value is -0.140. The topological polar surface area (TPSA) is 29.3 Å². The fraction of sp³-hybridized carbons (Fsp3) is 0.125. The highest BCUT2D eigenvalue weighted by Crippen LogP contribution is 2.29. The second kappa shape index (κ2) is 4.16. The number of nitrogens with zero attached hydrogens (tertiary/aromatic N) is 2. The number of fused-ring (bicyclic) bond motifs is 1. The molecule has 1 heterocycles. The summed E-state index contributed by atoms with van der Waals surface area (Å²) >= 11 is 8.00. The second-order valence-electron chi connectivity index (χ2n) is 2.67. The molecule has 6 heteroatoms. The predicted octanol–water partition coefficient (Wildman–Crippen LogP) is 3.92. The summed E-state index contributed by atoms with van der Waals surface area (Å²) in [5, 5.41) is 0.657. The summed E-state index contributed by atoms with van der Waals surface area (Å²) in [6.45, 7) is 0. The van der Waals surface area contributed by atoms with E-state index in [-0.39, 0.29) is 0 Å². The van der Waals surface area contributed by atoms with Crippen LogP contribution in [0.25, 0.3) is 11.1 Å². The number of rotatable bonds is 2. The molecule has 1 aromatic carbocycles. The van der Waals surface area contributed by atoms with Crippen LogP contribution in [0.3, 0.4) is 0 Å². The molecule has 2 rings (SSSR count). The third-order valence-electron chi connectivity index (χ3n) is 1.71. The maximum Gasteiger partial charge on any atom is 0.309 e. The molecule has 14 heavy (non-hydrogen) atoms. The first-order valence-corrected chi connectivity index (χ1v) is 7.48. The summed E-state index contributed by atoms with van der Waals surface area (Å²) < 4.78 is 7.35. The fourth-order valence-corrected chi connectivity index (χ4v) is 1.86. The van der Waals surface area contributed by atoms with E-state index in [1.165, 1.54) is 9.12 Å². The maximum absolute atomic E-state index is 5.83. The SMILES string of the molecule is CN(SI)c1nc2ccc(Cl)cc2o1. The summed E-state index contributed by atoms with van der Waals surface area (Å²) in [5.74, 6) is 0. The quantitative estimate of drug-likeness (QED) is 0.612. The lowest BCUT2D eigenvalue weighted by Gasteiger charge is -2.05. The molecule has 0 aliphatic rings. The van der Waals surface area contributed by atoms with Crippen LogP contribution in [-0.4, -0.2) is 12.0 Å². The molecule has 0 radical (unpaired) electrons. The molecule has 3 nitrogen and oxygen atoms in total. The molecule has 0 fully saturated rings. The Bertz CT molecular complexity index is 462. The molecular formula is C8H6ClIN2OS. The monoisotopic (exact) mass is 340 g/mol. The fourth-order valence-electron chi connectivity index (χ4n) is 1.05. The van der Waals surface area contributed by atoms with Crippen LogP contribution in [0.15, 0.2) is 22.6 Å². The zero-order valence-corrected chi connectivity index (χ0v) is 10.9. The van der Waals surface area contributed by atoms with E-state index >= 15 is 0 Å². The molecule has 0 aliphatic carbocycles. The zero-order valence-electron chi connectivity index (χ0n) is 7.20. The van der Waals surface area contributed by atoms with Gasteiger partial charge in [0.2, 0.25) is 0 Å². The van der Waals surface area contributed by atoms with Gasteiger partial charge in [-0.15, -0.1) is 0 Å². The van der Waals surface area contributed by atoms with E-state index in [0.29, 0.717) is 16.6 Å². The highest BCUT2D eigenvalue weighted by atomic mass is 127. The first-order valence-electron chi connectivity index (χ1n) is 3.79. The van der Waals surface area contributed by atoms with Crippen molar-refractivity contribution in [1.82, 2.24) is 4.98 Å². The number of anilines is 1. The standard InChI is InChI=1S/C8H6ClIN2OS/c1-12(14-10)8-11-6-3-2-5(9)4-7(6)13-8/h2-4H,1H3. The van der Waals surface area contributed by atoms with E-state index in [9.17, 15) is 0 Å². The molecule has 0 bridgehead atoms. The Labute approximate surface area is 103 Å². The Morgan fingerprint density at radius 3 is 3.07 bits per heavy atom. The Morgan fingerprint density at radius 1 is 1.57 bits per heavy atom. The first-order chi connectivity index (χ1) is 6.70. The Morgan fingerprint density at radius 2 is 2.36 bits per heavy atom. The van der Waals surface area contributed by atoms with Crippen molar-refractivity contribution in [1.29, 1.82) is 0 Å². The average Bonchev–Trinajstić information content (AvgIpc) is 2.59. The lowest BCUT2D eigenvalue weighted by atomic mass is 10.3. The molecule has 2 aromatic rings. The highest BCUT2D eigenvalue weighted by Gasteiger charge is 2.09. The molecule has 0 unspecified atom stereocenters. The molecule has 0 N–H and O–H groups in total. The number of aromatic nitrogens is 1. The minimum atomic E-state index is 0.585. The largest absolute Gasteiger partial charge is 0.423 e. The minimum absolute atomic E-state index is 0.585. The van der Waals surface area contributed by atoms with Crippen molar-refractivity contribution < 1.29 is 4.42 Å². The van der Waals surface area contributed by atoms with Crippen molar-refractivity contribution in [2.24, 2.45) is 0 Å². The normalized spacial score (nSPS) is 10.8. The van der Waals surface area contributed by atoms with Crippen molar-refractivity contribution >= 4 is 59.0 Å². The van der Waals surface area contributed by atoms with Gasteiger partial charge in [-0.2, -0.15) is 4.98 Å². The van der Waals surface area contributed by atoms with E-state index in [4.69, 9.17) is 16.0 Å².